The maximum Gasteiger partial charge on any atom is 0.290 e. The predicted octanol–water partition coefficient (Wildman–Crippen LogP) is 5.60. The van der Waals surface area contributed by atoms with Crippen LogP contribution in [0.5, 0.6) is 0 Å². The van der Waals surface area contributed by atoms with Crippen molar-refractivity contribution in [1.82, 2.24) is 9.88 Å². The normalized spacial score (nSPS) is 15.3. The summed E-state index contributed by atoms with van der Waals surface area (Å²) in [5, 5.41) is 3.02. The number of hydrogen-bond acceptors (Lipinski definition) is 3. The SMILES string of the molecule is O=C1NC(=O)C(=Cc2cccc3c2ccn3C(c2ccccc2)c2ccccc2)S1. The zero-order valence-electron chi connectivity index (χ0n) is 16.0. The number of fused-ring (bicyclic) bond motifs is 1. The van der Waals surface area contributed by atoms with Crippen LogP contribution in [0.3, 0.4) is 0 Å². The molecule has 4 nitrogen and oxygen atoms in total. The third kappa shape index (κ3) is 3.33. The fourth-order valence-corrected chi connectivity index (χ4v) is 4.58. The van der Waals surface area contributed by atoms with Crippen molar-refractivity contribution in [1.29, 1.82) is 0 Å². The number of hydrogen-bond donors (Lipinski definition) is 1. The number of amides is 2. The zero-order chi connectivity index (χ0) is 20.5. The molecule has 1 fully saturated rings. The van der Waals surface area contributed by atoms with Gasteiger partial charge in [-0.1, -0.05) is 72.8 Å². The van der Waals surface area contributed by atoms with Crippen LogP contribution < -0.4 is 5.32 Å². The summed E-state index contributed by atoms with van der Waals surface area (Å²) in [6.07, 6.45) is 3.88. The Morgan fingerprint density at radius 3 is 2.07 bits per heavy atom. The minimum Gasteiger partial charge on any atom is -0.336 e. The lowest BCUT2D eigenvalue weighted by atomic mass is 9.98. The molecule has 0 saturated carbocycles. The first-order valence-corrected chi connectivity index (χ1v) is 10.5. The van der Waals surface area contributed by atoms with Crippen LogP contribution in [-0.4, -0.2) is 15.7 Å². The van der Waals surface area contributed by atoms with Gasteiger partial charge in [0.05, 0.1) is 10.9 Å². The molecule has 0 unspecified atom stereocenters. The summed E-state index contributed by atoms with van der Waals surface area (Å²) >= 11 is 0.939. The summed E-state index contributed by atoms with van der Waals surface area (Å²) in [6, 6.07) is 29.0. The molecule has 1 aliphatic rings. The van der Waals surface area contributed by atoms with Gasteiger partial charge in [0.1, 0.15) is 0 Å². The quantitative estimate of drug-likeness (QED) is 0.445. The number of aromatic nitrogens is 1. The van der Waals surface area contributed by atoms with E-state index >= 15 is 0 Å². The monoisotopic (exact) mass is 410 g/mol. The van der Waals surface area contributed by atoms with Crippen molar-refractivity contribution in [3.05, 3.63) is 113 Å². The van der Waals surface area contributed by atoms with Crippen LogP contribution in [-0.2, 0) is 4.79 Å². The second-order valence-corrected chi connectivity index (χ2v) is 8.09. The van der Waals surface area contributed by atoms with Crippen LogP contribution in [0, 0.1) is 0 Å². The van der Waals surface area contributed by atoms with Gasteiger partial charge in [0, 0.05) is 17.1 Å². The molecule has 0 bridgehead atoms. The molecule has 5 heteroatoms. The summed E-state index contributed by atoms with van der Waals surface area (Å²) in [6.45, 7) is 0. The molecule has 3 aromatic carbocycles. The molecule has 1 aliphatic heterocycles. The molecule has 1 saturated heterocycles. The maximum absolute atomic E-state index is 12.0. The van der Waals surface area contributed by atoms with E-state index in [2.05, 4.69) is 76.7 Å². The van der Waals surface area contributed by atoms with Crippen molar-refractivity contribution in [3.8, 4) is 0 Å². The first kappa shape index (κ1) is 18.5. The topological polar surface area (TPSA) is 51.1 Å². The van der Waals surface area contributed by atoms with Crippen molar-refractivity contribution < 1.29 is 9.59 Å². The molecule has 1 aromatic heterocycles. The van der Waals surface area contributed by atoms with E-state index in [-0.39, 0.29) is 17.2 Å². The summed E-state index contributed by atoms with van der Waals surface area (Å²) in [4.78, 5) is 23.9. The largest absolute Gasteiger partial charge is 0.336 e. The molecule has 30 heavy (non-hydrogen) atoms. The number of imide groups is 1. The van der Waals surface area contributed by atoms with Gasteiger partial charge >= 0.3 is 0 Å². The van der Waals surface area contributed by atoms with Crippen LogP contribution >= 0.6 is 11.8 Å². The lowest BCUT2D eigenvalue weighted by Gasteiger charge is -2.21. The van der Waals surface area contributed by atoms with Crippen molar-refractivity contribution in [2.75, 3.05) is 0 Å². The number of carbonyl (C=O) groups excluding carboxylic acids is 2. The Kier molecular flexibility index (Phi) is 4.73. The number of nitrogens with zero attached hydrogens (tertiary/aromatic N) is 1. The van der Waals surface area contributed by atoms with Crippen LogP contribution in [0.1, 0.15) is 22.7 Å². The fourth-order valence-electron chi connectivity index (χ4n) is 3.91. The minimum absolute atomic E-state index is 0.0264. The highest BCUT2D eigenvalue weighted by atomic mass is 32.2. The molecule has 146 valence electrons. The highest BCUT2D eigenvalue weighted by Crippen LogP contribution is 2.33. The number of thioether (sulfide) groups is 1. The van der Waals surface area contributed by atoms with Crippen molar-refractivity contribution in [3.63, 3.8) is 0 Å². The summed E-state index contributed by atoms with van der Waals surface area (Å²) < 4.78 is 2.26. The third-order valence-electron chi connectivity index (χ3n) is 5.23. The first-order chi connectivity index (χ1) is 14.7. The number of benzene rings is 3. The lowest BCUT2D eigenvalue weighted by molar-refractivity contribution is -0.115. The van der Waals surface area contributed by atoms with Crippen LogP contribution in [0.15, 0.2) is 96.0 Å². The second-order valence-electron chi connectivity index (χ2n) is 7.08. The number of rotatable bonds is 4. The predicted molar refractivity (Wildman–Crippen MR) is 121 cm³/mol. The van der Waals surface area contributed by atoms with E-state index < -0.39 is 0 Å². The van der Waals surface area contributed by atoms with E-state index in [4.69, 9.17) is 0 Å². The van der Waals surface area contributed by atoms with Gasteiger partial charge in [0.2, 0.25) is 0 Å². The van der Waals surface area contributed by atoms with Gasteiger partial charge in [0.25, 0.3) is 11.1 Å². The van der Waals surface area contributed by atoms with E-state index in [1.54, 1.807) is 6.08 Å². The van der Waals surface area contributed by atoms with Crippen LogP contribution in [0.25, 0.3) is 17.0 Å². The Bertz CT molecular complexity index is 1240. The van der Waals surface area contributed by atoms with Crippen LogP contribution in [0.4, 0.5) is 4.79 Å². The van der Waals surface area contributed by atoms with E-state index in [1.807, 2.05) is 24.3 Å². The van der Waals surface area contributed by atoms with Gasteiger partial charge in [-0.25, -0.2) is 0 Å². The van der Waals surface area contributed by atoms with Gasteiger partial charge in [0.15, 0.2) is 0 Å². The standard InChI is InChI=1S/C25H18N2O2S/c28-24-22(30-25(29)26-24)16-19-12-7-13-21-20(19)14-15-27(21)23(17-8-3-1-4-9-17)18-10-5-2-6-11-18/h1-16,23H,(H,26,28,29). The van der Waals surface area contributed by atoms with Gasteiger partial charge in [-0.05, 0) is 46.7 Å². The first-order valence-electron chi connectivity index (χ1n) is 9.65. The average molecular weight is 410 g/mol. The van der Waals surface area contributed by atoms with E-state index in [0.717, 1.165) is 28.2 Å². The Balaban J connectivity index is 1.66. The van der Waals surface area contributed by atoms with Gasteiger partial charge in [-0.2, -0.15) is 0 Å². The lowest BCUT2D eigenvalue weighted by Crippen LogP contribution is -2.17. The Morgan fingerprint density at radius 2 is 1.47 bits per heavy atom. The molecule has 1 N–H and O–H groups in total. The average Bonchev–Trinajstić information content (AvgIpc) is 3.33. The number of nitrogens with one attached hydrogen (secondary N) is 1. The van der Waals surface area contributed by atoms with Gasteiger partial charge in [-0.15, -0.1) is 0 Å². The third-order valence-corrected chi connectivity index (χ3v) is 6.04. The molecule has 0 spiro atoms. The molecule has 5 rings (SSSR count). The van der Waals surface area contributed by atoms with E-state index in [0.29, 0.717) is 4.91 Å². The smallest absolute Gasteiger partial charge is 0.290 e. The number of carbonyl (C=O) groups is 2. The van der Waals surface area contributed by atoms with Crippen LogP contribution in [0.2, 0.25) is 0 Å². The fraction of sp³-hybridized carbons (Fsp3) is 0.0400. The minimum atomic E-state index is -0.340. The second kappa shape index (κ2) is 7.69. The van der Waals surface area contributed by atoms with E-state index in [9.17, 15) is 9.59 Å². The molecule has 2 amide bonds. The van der Waals surface area contributed by atoms with Gasteiger partial charge < -0.3 is 4.57 Å². The molecular weight excluding hydrogens is 392 g/mol. The zero-order valence-corrected chi connectivity index (χ0v) is 16.8. The summed E-state index contributed by atoms with van der Waals surface area (Å²) in [5.74, 6) is -0.340. The molecule has 4 aromatic rings. The van der Waals surface area contributed by atoms with E-state index in [1.165, 1.54) is 11.1 Å². The van der Waals surface area contributed by atoms with Crippen molar-refractivity contribution >= 4 is 39.9 Å². The Hall–Kier alpha value is -3.57. The molecule has 0 atom stereocenters. The van der Waals surface area contributed by atoms with Crippen molar-refractivity contribution in [2.24, 2.45) is 0 Å². The molecule has 0 aliphatic carbocycles. The highest BCUT2D eigenvalue weighted by molar-refractivity contribution is 8.18. The Labute approximate surface area is 178 Å². The van der Waals surface area contributed by atoms with Gasteiger partial charge in [-0.3, -0.25) is 14.9 Å². The molecular formula is C25H18N2O2S. The summed E-state index contributed by atoms with van der Waals surface area (Å²) in [5.41, 5.74) is 4.37. The summed E-state index contributed by atoms with van der Waals surface area (Å²) in [7, 11) is 0. The molecule has 0 radical (unpaired) electrons. The maximum atomic E-state index is 12.0. The van der Waals surface area contributed by atoms with Crippen molar-refractivity contribution in [2.45, 2.75) is 6.04 Å². The molecule has 2 heterocycles. The highest BCUT2D eigenvalue weighted by Gasteiger charge is 2.25. The Morgan fingerprint density at radius 1 is 0.800 bits per heavy atom.